The average Bonchev–Trinajstić information content (AvgIpc) is 3.09. The van der Waals surface area contributed by atoms with Crippen molar-refractivity contribution in [2.24, 2.45) is 15.9 Å². The number of carbonyl (C=O) groups is 3. The molecule has 0 fully saturated rings. The summed E-state index contributed by atoms with van der Waals surface area (Å²) in [4.78, 5) is 44.6. The Morgan fingerprint density at radius 3 is 3.08 bits per heavy atom. The first-order valence-electron chi connectivity index (χ1n) is 7.29. The number of aliphatic imine (C=N–C) groups is 2. The number of hydrogen-bond donors (Lipinski definition) is 1. The van der Waals surface area contributed by atoms with Gasteiger partial charge in [-0.1, -0.05) is 6.08 Å². The van der Waals surface area contributed by atoms with Crippen molar-refractivity contribution in [2.45, 2.75) is 0 Å². The maximum Gasteiger partial charge on any atom is 0.352 e. The van der Waals surface area contributed by atoms with Crippen LogP contribution in [0.1, 0.15) is 5.76 Å². The molecule has 0 saturated carbocycles. The van der Waals surface area contributed by atoms with Gasteiger partial charge in [-0.3, -0.25) is 14.5 Å². The van der Waals surface area contributed by atoms with E-state index in [0.29, 0.717) is 5.76 Å². The van der Waals surface area contributed by atoms with Crippen molar-refractivity contribution in [1.29, 1.82) is 0 Å². The summed E-state index contributed by atoms with van der Waals surface area (Å²) in [6.45, 7) is 0.173. The van der Waals surface area contributed by atoms with Crippen LogP contribution in [0.15, 0.2) is 51.0 Å². The summed E-state index contributed by atoms with van der Waals surface area (Å²) in [5, 5.41) is 2.60. The van der Waals surface area contributed by atoms with Crippen LogP contribution in [0, 0.1) is 5.92 Å². The number of fused-ring (bicyclic) bond motifs is 1. The second-order valence-electron chi connectivity index (χ2n) is 5.02. The van der Waals surface area contributed by atoms with Crippen LogP contribution in [0.3, 0.4) is 0 Å². The molecule has 24 heavy (non-hydrogen) atoms. The first-order chi connectivity index (χ1) is 11.6. The van der Waals surface area contributed by atoms with Crippen molar-refractivity contribution in [3.8, 4) is 0 Å². The number of amides is 4. The van der Waals surface area contributed by atoms with E-state index in [0.717, 1.165) is 4.90 Å². The number of rotatable bonds is 5. The molecule has 2 aliphatic heterocycles. The minimum absolute atomic E-state index is 0.0445. The fourth-order valence-corrected chi connectivity index (χ4v) is 2.26. The molecule has 4 amide bonds. The molecule has 3 heterocycles. The molecule has 122 valence electrons. The van der Waals surface area contributed by atoms with E-state index >= 15 is 0 Å². The molecule has 0 bridgehead atoms. The lowest BCUT2D eigenvalue weighted by molar-refractivity contribution is -0.129. The van der Waals surface area contributed by atoms with Gasteiger partial charge in [-0.15, -0.1) is 0 Å². The number of amidine groups is 1. The van der Waals surface area contributed by atoms with Crippen molar-refractivity contribution in [2.75, 3.05) is 13.1 Å². The van der Waals surface area contributed by atoms with Gasteiger partial charge in [0.25, 0.3) is 0 Å². The number of nitrogens with zero attached hydrogens (tertiary/aromatic N) is 3. The highest BCUT2D eigenvalue weighted by atomic mass is 16.3. The molecule has 3 rings (SSSR count). The summed E-state index contributed by atoms with van der Waals surface area (Å²) < 4.78 is 5.07. The number of nitrogens with one attached hydrogen (secondary N) is 1. The summed E-state index contributed by atoms with van der Waals surface area (Å²) in [5.41, 5.74) is 0. The Hall–Kier alpha value is -3.29. The summed E-state index contributed by atoms with van der Waals surface area (Å²) in [6.07, 6.45) is 9.09. The number of hydrogen-bond acceptors (Lipinski definition) is 5. The lowest BCUT2D eigenvalue weighted by Gasteiger charge is -2.27. The van der Waals surface area contributed by atoms with E-state index in [2.05, 4.69) is 15.3 Å². The molecular formula is C16H14N4O4. The van der Waals surface area contributed by atoms with E-state index in [1.54, 1.807) is 24.3 Å². The maximum absolute atomic E-state index is 12.3. The quantitative estimate of drug-likeness (QED) is 0.816. The van der Waals surface area contributed by atoms with E-state index in [4.69, 9.17) is 4.42 Å². The van der Waals surface area contributed by atoms with Crippen LogP contribution >= 0.6 is 0 Å². The standard InChI is InChI=1S/C16H14N4O4/c21-13(6-5-11-3-2-10-24-11)17-8-9-20-15(22)12-4-1-7-18-14(12)19-16(20)23/h1-7,10,12H,8-9H2,(H,17,21)/b6-5+. The molecule has 0 aromatic carbocycles. The molecule has 2 aliphatic rings. The van der Waals surface area contributed by atoms with E-state index in [-0.39, 0.29) is 24.8 Å². The van der Waals surface area contributed by atoms with Gasteiger partial charge in [0.2, 0.25) is 11.8 Å². The second-order valence-corrected chi connectivity index (χ2v) is 5.02. The van der Waals surface area contributed by atoms with Crippen LogP contribution in [0.25, 0.3) is 6.08 Å². The summed E-state index contributed by atoms with van der Waals surface area (Å²) in [7, 11) is 0. The van der Waals surface area contributed by atoms with Crippen molar-refractivity contribution < 1.29 is 18.8 Å². The Labute approximate surface area is 137 Å². The van der Waals surface area contributed by atoms with E-state index < -0.39 is 17.9 Å². The minimum Gasteiger partial charge on any atom is -0.465 e. The normalized spacial score (nSPS) is 19.6. The van der Waals surface area contributed by atoms with Crippen LogP contribution in [0.5, 0.6) is 0 Å². The third kappa shape index (κ3) is 3.37. The zero-order chi connectivity index (χ0) is 16.9. The third-order valence-electron chi connectivity index (χ3n) is 3.42. The smallest absolute Gasteiger partial charge is 0.352 e. The number of dihydropyridines is 1. The summed E-state index contributed by atoms with van der Waals surface area (Å²) >= 11 is 0. The monoisotopic (exact) mass is 326 g/mol. The molecule has 0 radical (unpaired) electrons. The molecule has 1 aromatic rings. The predicted octanol–water partition coefficient (Wildman–Crippen LogP) is 1.03. The van der Waals surface area contributed by atoms with Crippen molar-refractivity contribution in [3.63, 3.8) is 0 Å². The zero-order valence-corrected chi connectivity index (χ0v) is 12.6. The lowest BCUT2D eigenvalue weighted by atomic mass is 10.0. The van der Waals surface area contributed by atoms with E-state index in [1.165, 1.54) is 24.6 Å². The number of urea groups is 1. The molecule has 1 unspecified atom stereocenters. The van der Waals surface area contributed by atoms with Gasteiger partial charge in [0.1, 0.15) is 17.5 Å². The molecule has 1 N–H and O–H groups in total. The SMILES string of the molecule is O=C(/C=C/c1ccco1)NCCN1C(=O)N=C2N=CC=CC2C1=O. The predicted molar refractivity (Wildman–Crippen MR) is 86.4 cm³/mol. The largest absolute Gasteiger partial charge is 0.465 e. The number of carbonyl (C=O) groups excluding carboxylic acids is 3. The van der Waals surface area contributed by atoms with E-state index in [1.807, 2.05) is 0 Å². The van der Waals surface area contributed by atoms with Gasteiger partial charge >= 0.3 is 6.03 Å². The van der Waals surface area contributed by atoms with Crippen LogP contribution in [-0.4, -0.2) is 47.9 Å². The van der Waals surface area contributed by atoms with Crippen molar-refractivity contribution >= 4 is 36.0 Å². The van der Waals surface area contributed by atoms with Crippen LogP contribution in [0.2, 0.25) is 0 Å². The topological polar surface area (TPSA) is 104 Å². The highest BCUT2D eigenvalue weighted by molar-refractivity contribution is 6.19. The molecule has 0 aliphatic carbocycles. The molecule has 0 saturated heterocycles. The maximum atomic E-state index is 12.3. The molecular weight excluding hydrogens is 312 g/mol. The van der Waals surface area contributed by atoms with Gasteiger partial charge < -0.3 is 9.73 Å². The van der Waals surface area contributed by atoms with Gasteiger partial charge in [0, 0.05) is 25.4 Å². The zero-order valence-electron chi connectivity index (χ0n) is 12.6. The number of allylic oxidation sites excluding steroid dienone is 1. The van der Waals surface area contributed by atoms with Gasteiger partial charge in [-0.05, 0) is 24.3 Å². The number of imide groups is 1. The Morgan fingerprint density at radius 2 is 2.29 bits per heavy atom. The Kier molecular flexibility index (Phi) is 4.46. The molecule has 0 spiro atoms. The Balaban J connectivity index is 1.53. The fraction of sp³-hybridized carbons (Fsp3) is 0.188. The highest BCUT2D eigenvalue weighted by Crippen LogP contribution is 2.18. The highest BCUT2D eigenvalue weighted by Gasteiger charge is 2.36. The van der Waals surface area contributed by atoms with Crippen LogP contribution < -0.4 is 5.32 Å². The van der Waals surface area contributed by atoms with Gasteiger partial charge in [0.05, 0.1) is 6.26 Å². The minimum atomic E-state index is -0.668. The Morgan fingerprint density at radius 1 is 1.42 bits per heavy atom. The van der Waals surface area contributed by atoms with Gasteiger partial charge in [-0.2, -0.15) is 4.99 Å². The first-order valence-corrected chi connectivity index (χ1v) is 7.29. The lowest BCUT2D eigenvalue weighted by Crippen LogP contribution is -2.48. The average molecular weight is 326 g/mol. The molecule has 1 aromatic heterocycles. The fourth-order valence-electron chi connectivity index (χ4n) is 2.26. The van der Waals surface area contributed by atoms with Gasteiger partial charge in [-0.25, -0.2) is 9.79 Å². The number of furan rings is 1. The molecule has 1 atom stereocenters. The second kappa shape index (κ2) is 6.86. The van der Waals surface area contributed by atoms with Crippen molar-refractivity contribution in [3.05, 3.63) is 42.4 Å². The Bertz CT molecular complexity index is 774. The van der Waals surface area contributed by atoms with Gasteiger partial charge in [0.15, 0.2) is 0 Å². The van der Waals surface area contributed by atoms with Crippen LogP contribution in [0.4, 0.5) is 4.79 Å². The molecule has 8 nitrogen and oxygen atoms in total. The van der Waals surface area contributed by atoms with E-state index in [9.17, 15) is 14.4 Å². The molecule has 8 heteroatoms. The van der Waals surface area contributed by atoms with Crippen molar-refractivity contribution in [1.82, 2.24) is 10.2 Å². The summed E-state index contributed by atoms with van der Waals surface area (Å²) in [5.74, 6) is -0.623. The first kappa shape index (κ1) is 15.6. The summed E-state index contributed by atoms with van der Waals surface area (Å²) in [6, 6.07) is 2.76. The third-order valence-corrected chi connectivity index (χ3v) is 3.42. The van der Waals surface area contributed by atoms with Crippen LogP contribution in [-0.2, 0) is 9.59 Å².